The van der Waals surface area contributed by atoms with Crippen molar-refractivity contribution in [1.29, 1.82) is 0 Å². The molecule has 0 radical (unpaired) electrons. The number of nitrogens with zero attached hydrogens (tertiary/aromatic N) is 1. The van der Waals surface area contributed by atoms with Crippen LogP contribution < -0.4 is 10.6 Å². The second kappa shape index (κ2) is 8.35. The molecule has 3 rings (SSSR count). The Morgan fingerprint density at radius 2 is 1.59 bits per heavy atom. The lowest BCUT2D eigenvalue weighted by atomic mass is 9.91. The number of hydrogen-bond donors (Lipinski definition) is 2. The molecule has 2 N–H and O–H groups in total. The molecule has 0 heterocycles. The van der Waals surface area contributed by atoms with Crippen LogP contribution in [0, 0.1) is 0 Å². The van der Waals surface area contributed by atoms with Gasteiger partial charge in [-0.05, 0) is 30.2 Å². The van der Waals surface area contributed by atoms with E-state index in [4.69, 9.17) is 0 Å². The normalized spacial score (nSPS) is 14.6. The zero-order valence-corrected chi connectivity index (χ0v) is 16.0. The molecule has 0 bridgehead atoms. The molecule has 2 aromatic rings. The summed E-state index contributed by atoms with van der Waals surface area (Å²) in [6.07, 6.45) is 2.19. The number of likely N-dealkylation sites (N-methyl/N-ethyl adjacent to an activating group) is 2. The Morgan fingerprint density at radius 1 is 1.00 bits per heavy atom. The average molecular weight is 365 g/mol. The molecule has 0 aromatic heterocycles. The predicted molar refractivity (Wildman–Crippen MR) is 106 cm³/mol. The molecule has 1 aliphatic rings. The maximum absolute atomic E-state index is 13.2. The van der Waals surface area contributed by atoms with Gasteiger partial charge in [-0.25, -0.2) is 0 Å². The van der Waals surface area contributed by atoms with Crippen LogP contribution >= 0.6 is 0 Å². The Bertz CT molecular complexity index is 779. The second-order valence-electron chi connectivity index (χ2n) is 7.17. The van der Waals surface area contributed by atoms with E-state index in [1.807, 2.05) is 37.4 Å². The number of benzene rings is 2. The summed E-state index contributed by atoms with van der Waals surface area (Å²) in [5, 5.41) is 5.39. The number of rotatable bonds is 7. The monoisotopic (exact) mass is 365 g/mol. The molecule has 142 valence electrons. The van der Waals surface area contributed by atoms with Crippen molar-refractivity contribution < 1.29 is 9.59 Å². The summed E-state index contributed by atoms with van der Waals surface area (Å²) in [7, 11) is 3.58. The number of hydrogen-bond acceptors (Lipinski definition) is 3. The van der Waals surface area contributed by atoms with Crippen LogP contribution in [0.2, 0.25) is 0 Å². The first-order chi connectivity index (χ1) is 13.0. The van der Waals surface area contributed by atoms with Crippen molar-refractivity contribution in [2.75, 3.05) is 27.2 Å². The number of fused-ring (bicyclic) bond motifs is 1. The quantitative estimate of drug-likeness (QED) is 0.783. The lowest BCUT2D eigenvalue weighted by molar-refractivity contribution is -0.134. The van der Waals surface area contributed by atoms with Crippen LogP contribution in [0.5, 0.6) is 0 Å². The molecule has 0 saturated carbocycles. The van der Waals surface area contributed by atoms with Crippen LogP contribution in [0.15, 0.2) is 54.6 Å². The molecule has 0 fully saturated rings. The van der Waals surface area contributed by atoms with Gasteiger partial charge in [0.15, 0.2) is 0 Å². The molecule has 0 aliphatic heterocycles. The van der Waals surface area contributed by atoms with Crippen molar-refractivity contribution in [3.05, 3.63) is 71.3 Å². The van der Waals surface area contributed by atoms with Gasteiger partial charge in [-0.1, -0.05) is 54.6 Å². The number of amides is 2. The highest BCUT2D eigenvalue weighted by atomic mass is 16.2. The minimum atomic E-state index is -0.660. The summed E-state index contributed by atoms with van der Waals surface area (Å²) in [6.45, 7) is 0.769. The minimum Gasteiger partial charge on any atom is -0.358 e. The smallest absolute Gasteiger partial charge is 0.241 e. The summed E-state index contributed by atoms with van der Waals surface area (Å²) in [5.41, 5.74) is 3.01. The van der Waals surface area contributed by atoms with Crippen molar-refractivity contribution >= 4 is 11.8 Å². The van der Waals surface area contributed by atoms with Crippen molar-refractivity contribution in [1.82, 2.24) is 15.5 Å². The maximum Gasteiger partial charge on any atom is 0.241 e. The van der Waals surface area contributed by atoms with Gasteiger partial charge >= 0.3 is 0 Å². The van der Waals surface area contributed by atoms with E-state index < -0.39 is 5.54 Å². The van der Waals surface area contributed by atoms with E-state index in [1.54, 1.807) is 7.05 Å². The first-order valence-electron chi connectivity index (χ1n) is 9.36. The first kappa shape index (κ1) is 19.1. The van der Waals surface area contributed by atoms with Gasteiger partial charge in [0.05, 0.1) is 6.54 Å². The summed E-state index contributed by atoms with van der Waals surface area (Å²) in [4.78, 5) is 26.9. The Balaban J connectivity index is 1.77. The standard InChI is InChI=1S/C22H27N3O2/c1-23-20(26)16-24-21(27)22(14-18-10-6-7-11-19(18)15-22)25(2)13-12-17-8-4-3-5-9-17/h3-11H,12-16H2,1-2H3,(H,23,26)(H,24,27). The average Bonchev–Trinajstić information content (AvgIpc) is 3.11. The van der Waals surface area contributed by atoms with Crippen LogP contribution in [0.3, 0.4) is 0 Å². The lowest BCUT2D eigenvalue weighted by Crippen LogP contribution is -2.59. The lowest BCUT2D eigenvalue weighted by Gasteiger charge is -2.37. The molecule has 2 amide bonds. The third-order valence-electron chi connectivity index (χ3n) is 5.50. The van der Waals surface area contributed by atoms with Gasteiger partial charge in [-0.15, -0.1) is 0 Å². The third kappa shape index (κ3) is 4.19. The van der Waals surface area contributed by atoms with E-state index in [0.717, 1.165) is 13.0 Å². The van der Waals surface area contributed by atoms with Gasteiger partial charge in [0, 0.05) is 26.4 Å². The molecule has 5 heteroatoms. The molecular weight excluding hydrogens is 338 g/mol. The largest absolute Gasteiger partial charge is 0.358 e. The zero-order valence-electron chi connectivity index (χ0n) is 16.0. The fourth-order valence-corrected chi connectivity index (χ4v) is 3.77. The SMILES string of the molecule is CNC(=O)CNC(=O)C1(N(C)CCc2ccccc2)Cc2ccccc2C1. The highest BCUT2D eigenvalue weighted by Crippen LogP contribution is 2.34. The van der Waals surface area contributed by atoms with Crippen molar-refractivity contribution in [2.45, 2.75) is 24.8 Å². The summed E-state index contributed by atoms with van der Waals surface area (Å²) in [5.74, 6) is -0.279. The zero-order chi connectivity index (χ0) is 19.3. The molecule has 0 atom stereocenters. The van der Waals surface area contributed by atoms with E-state index in [-0.39, 0.29) is 18.4 Å². The minimum absolute atomic E-state index is 0.0000458. The molecule has 0 spiro atoms. The van der Waals surface area contributed by atoms with E-state index in [0.29, 0.717) is 12.8 Å². The molecule has 0 unspecified atom stereocenters. The van der Waals surface area contributed by atoms with Crippen molar-refractivity contribution in [3.63, 3.8) is 0 Å². The maximum atomic E-state index is 13.2. The van der Waals surface area contributed by atoms with Crippen molar-refractivity contribution in [2.24, 2.45) is 0 Å². The summed E-state index contributed by atoms with van der Waals surface area (Å²) < 4.78 is 0. The molecule has 27 heavy (non-hydrogen) atoms. The van der Waals surface area contributed by atoms with Gasteiger partial charge in [0.2, 0.25) is 11.8 Å². The molecular formula is C22H27N3O2. The predicted octanol–water partition coefficient (Wildman–Crippen LogP) is 1.56. The number of carbonyl (C=O) groups excluding carboxylic acids is 2. The van der Waals surface area contributed by atoms with E-state index in [2.05, 4.69) is 39.8 Å². The Hall–Kier alpha value is -2.66. The van der Waals surface area contributed by atoms with Crippen LogP contribution in [-0.4, -0.2) is 49.4 Å². The summed E-state index contributed by atoms with van der Waals surface area (Å²) in [6, 6.07) is 18.5. The van der Waals surface area contributed by atoms with Crippen molar-refractivity contribution in [3.8, 4) is 0 Å². The Morgan fingerprint density at radius 3 is 2.19 bits per heavy atom. The van der Waals surface area contributed by atoms with Crippen LogP contribution in [0.1, 0.15) is 16.7 Å². The van der Waals surface area contributed by atoms with Gasteiger partial charge in [-0.3, -0.25) is 14.5 Å². The highest BCUT2D eigenvalue weighted by Gasteiger charge is 2.46. The molecule has 5 nitrogen and oxygen atoms in total. The number of nitrogens with one attached hydrogen (secondary N) is 2. The fraction of sp³-hybridized carbons (Fsp3) is 0.364. The van der Waals surface area contributed by atoms with Gasteiger partial charge < -0.3 is 10.6 Å². The van der Waals surface area contributed by atoms with Crippen LogP contribution in [0.25, 0.3) is 0 Å². The van der Waals surface area contributed by atoms with Crippen LogP contribution in [-0.2, 0) is 28.9 Å². The van der Waals surface area contributed by atoms with Gasteiger partial charge in [-0.2, -0.15) is 0 Å². The van der Waals surface area contributed by atoms with Gasteiger partial charge in [0.1, 0.15) is 5.54 Å². The third-order valence-corrected chi connectivity index (χ3v) is 5.50. The van der Waals surface area contributed by atoms with E-state index >= 15 is 0 Å². The molecule has 2 aromatic carbocycles. The Labute approximate surface area is 160 Å². The van der Waals surface area contributed by atoms with Gasteiger partial charge in [0.25, 0.3) is 0 Å². The fourth-order valence-electron chi connectivity index (χ4n) is 3.77. The molecule has 0 saturated heterocycles. The Kier molecular flexibility index (Phi) is 5.91. The molecule has 1 aliphatic carbocycles. The van der Waals surface area contributed by atoms with E-state index in [1.165, 1.54) is 16.7 Å². The highest BCUT2D eigenvalue weighted by molar-refractivity contribution is 5.91. The second-order valence-corrected chi connectivity index (χ2v) is 7.17. The van der Waals surface area contributed by atoms with E-state index in [9.17, 15) is 9.59 Å². The van der Waals surface area contributed by atoms with Crippen LogP contribution in [0.4, 0.5) is 0 Å². The topological polar surface area (TPSA) is 61.4 Å². The number of carbonyl (C=O) groups is 2. The summed E-state index contributed by atoms with van der Waals surface area (Å²) >= 11 is 0. The first-order valence-corrected chi connectivity index (χ1v) is 9.36.